The number of anilines is 1. The molecule has 0 amide bonds. The average Bonchev–Trinajstić information content (AvgIpc) is 3.08. The first-order valence-corrected chi connectivity index (χ1v) is 12.7. The van der Waals surface area contributed by atoms with Crippen molar-refractivity contribution in [1.29, 1.82) is 0 Å². The maximum Gasteiger partial charge on any atom is 0.433 e. The highest BCUT2D eigenvalue weighted by Crippen LogP contribution is 2.40. The molecule has 2 aromatic heterocycles. The molecular weight excluding hydrogens is 469 g/mol. The minimum absolute atomic E-state index is 0.00960. The molecule has 3 heterocycles. The van der Waals surface area contributed by atoms with E-state index >= 15 is 0 Å². The van der Waals surface area contributed by atoms with Gasteiger partial charge >= 0.3 is 6.18 Å². The van der Waals surface area contributed by atoms with Gasteiger partial charge in [-0.3, -0.25) is 0 Å². The van der Waals surface area contributed by atoms with Crippen LogP contribution in [0.4, 0.5) is 19.1 Å². The molecule has 0 bridgehead atoms. The molecule has 0 saturated heterocycles. The van der Waals surface area contributed by atoms with Crippen LogP contribution in [-0.2, 0) is 28.2 Å². The van der Waals surface area contributed by atoms with Gasteiger partial charge in [0.1, 0.15) is 0 Å². The van der Waals surface area contributed by atoms with Crippen LogP contribution in [0.25, 0.3) is 10.9 Å². The van der Waals surface area contributed by atoms with Crippen molar-refractivity contribution in [3.05, 3.63) is 47.4 Å². The number of alkyl halides is 3. The van der Waals surface area contributed by atoms with Gasteiger partial charge in [0.2, 0.25) is 5.95 Å². The van der Waals surface area contributed by atoms with Crippen LogP contribution in [0.1, 0.15) is 50.7 Å². The molecule has 0 fully saturated rings. The van der Waals surface area contributed by atoms with E-state index in [4.69, 9.17) is 0 Å². The Labute approximate surface area is 196 Å². The molecule has 1 aliphatic rings. The number of fused-ring (bicyclic) bond motifs is 3. The molecule has 0 radical (unpaired) electrons. The summed E-state index contributed by atoms with van der Waals surface area (Å²) in [5.41, 5.74) is -1.68. The molecule has 4 rings (SSSR count). The lowest BCUT2D eigenvalue weighted by Gasteiger charge is -2.40. The molecule has 11 heteroatoms. The van der Waals surface area contributed by atoms with E-state index in [0.717, 1.165) is 29.0 Å². The number of aromatic nitrogens is 3. The minimum Gasteiger partial charge on any atom is -0.386 e. The van der Waals surface area contributed by atoms with Gasteiger partial charge in [-0.25, -0.2) is 18.4 Å². The molecule has 184 valence electrons. The first kappa shape index (κ1) is 24.5. The summed E-state index contributed by atoms with van der Waals surface area (Å²) in [5.74, 6) is -0.0722. The second-order valence-electron chi connectivity index (χ2n) is 9.58. The quantitative estimate of drug-likeness (QED) is 0.580. The second kappa shape index (κ2) is 7.94. The Morgan fingerprint density at radius 2 is 1.82 bits per heavy atom. The van der Waals surface area contributed by atoms with E-state index in [1.54, 1.807) is 23.1 Å². The number of halogens is 3. The van der Waals surface area contributed by atoms with E-state index in [-0.39, 0.29) is 28.4 Å². The number of nitrogens with zero attached hydrogens (tertiary/aromatic N) is 4. The maximum absolute atomic E-state index is 13.8. The molecule has 1 aromatic carbocycles. The fourth-order valence-electron chi connectivity index (χ4n) is 4.59. The van der Waals surface area contributed by atoms with Crippen molar-refractivity contribution in [2.75, 3.05) is 17.7 Å². The van der Waals surface area contributed by atoms with Crippen molar-refractivity contribution in [2.24, 2.45) is 5.92 Å². The van der Waals surface area contributed by atoms with E-state index < -0.39 is 27.3 Å². The summed E-state index contributed by atoms with van der Waals surface area (Å²) in [7, 11) is -3.39. The lowest BCUT2D eigenvalue weighted by atomic mass is 9.96. The molecular formula is C23H27F3N4O3S. The summed E-state index contributed by atoms with van der Waals surface area (Å²) >= 11 is 0. The van der Waals surface area contributed by atoms with Crippen molar-refractivity contribution >= 4 is 26.7 Å². The van der Waals surface area contributed by atoms with Gasteiger partial charge in [0, 0.05) is 47.7 Å². The largest absolute Gasteiger partial charge is 0.433 e. The molecule has 3 aromatic rings. The predicted octanol–water partition coefficient (Wildman–Crippen LogP) is 4.30. The Hall–Kier alpha value is -2.66. The van der Waals surface area contributed by atoms with Gasteiger partial charge in [-0.15, -0.1) is 0 Å². The zero-order valence-corrected chi connectivity index (χ0v) is 20.4. The summed E-state index contributed by atoms with van der Waals surface area (Å²) in [6.45, 7) is 7.21. The van der Waals surface area contributed by atoms with Gasteiger partial charge in [0.15, 0.2) is 15.5 Å². The number of sulfone groups is 1. The van der Waals surface area contributed by atoms with Gasteiger partial charge in [-0.1, -0.05) is 19.9 Å². The molecule has 34 heavy (non-hydrogen) atoms. The van der Waals surface area contributed by atoms with E-state index in [0.29, 0.717) is 13.1 Å². The summed E-state index contributed by atoms with van der Waals surface area (Å²) in [6.07, 6.45) is -2.56. The van der Waals surface area contributed by atoms with E-state index in [1.165, 1.54) is 13.8 Å². The monoisotopic (exact) mass is 496 g/mol. The molecule has 1 atom stereocenters. The molecule has 0 spiro atoms. The highest BCUT2D eigenvalue weighted by Gasteiger charge is 2.41. The predicted molar refractivity (Wildman–Crippen MR) is 122 cm³/mol. The van der Waals surface area contributed by atoms with Crippen molar-refractivity contribution < 1.29 is 26.7 Å². The Bertz CT molecular complexity index is 1360. The zero-order valence-electron chi connectivity index (χ0n) is 19.6. The van der Waals surface area contributed by atoms with Crippen LogP contribution in [-0.4, -0.2) is 40.9 Å². The number of hydrogen-bond donors (Lipinski definition) is 1. The third-order valence-electron chi connectivity index (χ3n) is 6.13. The first-order valence-electron chi connectivity index (χ1n) is 10.9. The van der Waals surface area contributed by atoms with Gasteiger partial charge in [0.25, 0.3) is 0 Å². The molecule has 7 nitrogen and oxygen atoms in total. The number of rotatable bonds is 4. The van der Waals surface area contributed by atoms with Gasteiger partial charge in [-0.2, -0.15) is 13.2 Å². The summed E-state index contributed by atoms with van der Waals surface area (Å²) in [4.78, 5) is 10.1. The molecule has 0 saturated carbocycles. The zero-order chi connectivity index (χ0) is 25.2. The molecule has 1 aliphatic heterocycles. The topological polar surface area (TPSA) is 88.3 Å². The number of aliphatic hydroxyl groups is 1. The average molecular weight is 497 g/mol. The number of benzene rings is 1. The lowest BCUT2D eigenvalue weighted by Crippen LogP contribution is -2.42. The van der Waals surface area contributed by atoms with Crippen LogP contribution < -0.4 is 4.90 Å². The van der Waals surface area contributed by atoms with Crippen molar-refractivity contribution in [3.63, 3.8) is 0 Å². The molecule has 0 unspecified atom stereocenters. The van der Waals surface area contributed by atoms with Gasteiger partial charge in [0.05, 0.1) is 16.5 Å². The number of hydrogen-bond acceptors (Lipinski definition) is 6. The van der Waals surface area contributed by atoms with Crippen LogP contribution >= 0.6 is 0 Å². The SMILES string of the molecule is CC(C)[C@H]1c2cc3ccc(S(C)(=O)=O)cc3n2CCN1c1ncc(C(C)(C)O)c(C(F)(F)F)n1. The Morgan fingerprint density at radius 1 is 1.15 bits per heavy atom. The fraction of sp³-hybridized carbons (Fsp3) is 0.478. The second-order valence-corrected chi connectivity index (χ2v) is 11.6. The first-order chi connectivity index (χ1) is 15.6. The molecule has 0 aliphatic carbocycles. The van der Waals surface area contributed by atoms with Crippen molar-refractivity contribution in [2.45, 2.75) is 57.0 Å². The van der Waals surface area contributed by atoms with Crippen LogP contribution in [0.5, 0.6) is 0 Å². The third kappa shape index (κ3) is 4.26. The standard InChI is InChI=1S/C23H27F3N4O3S/c1-13(2)19-18-10-14-6-7-15(34(5,32)33)11-17(14)29(18)8-9-30(19)21-27-12-16(22(3,4)31)20(28-21)23(24,25)26/h6-7,10-13,19,31H,8-9H2,1-5H3/t19-/m0/s1. The highest BCUT2D eigenvalue weighted by atomic mass is 32.2. The summed E-state index contributed by atoms with van der Waals surface area (Å²) < 4.78 is 67.6. The third-order valence-corrected chi connectivity index (χ3v) is 7.24. The smallest absolute Gasteiger partial charge is 0.386 e. The maximum atomic E-state index is 13.8. The molecule has 1 N–H and O–H groups in total. The minimum atomic E-state index is -4.76. The summed E-state index contributed by atoms with van der Waals surface area (Å²) in [6, 6.07) is 6.54. The Balaban J connectivity index is 1.85. The van der Waals surface area contributed by atoms with E-state index in [1.807, 2.05) is 24.5 Å². The fourth-order valence-corrected chi connectivity index (χ4v) is 5.23. The van der Waals surface area contributed by atoms with Gasteiger partial charge < -0.3 is 14.6 Å². The van der Waals surface area contributed by atoms with Crippen molar-refractivity contribution in [1.82, 2.24) is 14.5 Å². The van der Waals surface area contributed by atoms with Gasteiger partial charge in [-0.05, 0) is 38.0 Å². The summed E-state index contributed by atoms with van der Waals surface area (Å²) in [5, 5.41) is 11.1. The Morgan fingerprint density at radius 3 is 2.38 bits per heavy atom. The Kier molecular flexibility index (Phi) is 5.72. The van der Waals surface area contributed by atoms with Crippen LogP contribution in [0.15, 0.2) is 35.4 Å². The normalized spacial score (nSPS) is 17.5. The van der Waals surface area contributed by atoms with Crippen molar-refractivity contribution in [3.8, 4) is 0 Å². The van der Waals surface area contributed by atoms with Crippen LogP contribution in [0.2, 0.25) is 0 Å². The van der Waals surface area contributed by atoms with Crippen LogP contribution in [0.3, 0.4) is 0 Å². The lowest BCUT2D eigenvalue weighted by molar-refractivity contribution is -0.144. The highest BCUT2D eigenvalue weighted by molar-refractivity contribution is 7.90. The van der Waals surface area contributed by atoms with E-state index in [9.17, 15) is 26.7 Å². The van der Waals surface area contributed by atoms with E-state index in [2.05, 4.69) is 9.97 Å². The van der Waals surface area contributed by atoms with Crippen LogP contribution in [0, 0.1) is 5.92 Å².